The van der Waals surface area contributed by atoms with Gasteiger partial charge in [0.1, 0.15) is 12.1 Å². The van der Waals surface area contributed by atoms with Gasteiger partial charge in [-0.2, -0.15) is 0 Å². The highest BCUT2D eigenvalue weighted by Crippen LogP contribution is 2.14. The quantitative estimate of drug-likeness (QED) is 0.758. The summed E-state index contributed by atoms with van der Waals surface area (Å²) in [5, 5.41) is 0. The van der Waals surface area contributed by atoms with Crippen molar-refractivity contribution in [2.75, 3.05) is 0 Å². The second kappa shape index (κ2) is 7.01. The van der Waals surface area contributed by atoms with E-state index in [-0.39, 0.29) is 5.60 Å². The van der Waals surface area contributed by atoms with Crippen molar-refractivity contribution in [1.29, 1.82) is 0 Å². The van der Waals surface area contributed by atoms with Crippen molar-refractivity contribution < 1.29 is 9.30 Å². The smallest absolute Gasteiger partial charge is 0.295 e. The minimum Gasteiger partial charge on any atom is -0.367 e. The normalized spacial score (nSPS) is 11.9. The van der Waals surface area contributed by atoms with Gasteiger partial charge in [0.25, 0.3) is 5.82 Å². The highest BCUT2D eigenvalue weighted by atomic mass is 16.5. The minimum atomic E-state index is -0.244. The Morgan fingerprint density at radius 2 is 1.82 bits per heavy atom. The second-order valence-corrected chi connectivity index (χ2v) is 6.72. The molecule has 22 heavy (non-hydrogen) atoms. The summed E-state index contributed by atoms with van der Waals surface area (Å²) in [5.41, 5.74) is 2.09. The Bertz CT molecular complexity index is 606. The molecule has 0 aliphatic carbocycles. The van der Waals surface area contributed by atoms with Crippen molar-refractivity contribution in [3.63, 3.8) is 0 Å². The van der Waals surface area contributed by atoms with Crippen molar-refractivity contribution in [2.24, 2.45) is 0 Å². The Kier molecular flexibility index (Phi) is 5.30. The van der Waals surface area contributed by atoms with Gasteiger partial charge in [0.2, 0.25) is 0 Å². The van der Waals surface area contributed by atoms with Crippen LogP contribution in [0.1, 0.15) is 50.7 Å². The van der Waals surface area contributed by atoms with Gasteiger partial charge in [-0.25, -0.2) is 4.57 Å². The van der Waals surface area contributed by atoms with Crippen LogP contribution in [0, 0.1) is 6.92 Å². The molecule has 0 saturated carbocycles. The van der Waals surface area contributed by atoms with Crippen LogP contribution in [0.5, 0.6) is 0 Å². The summed E-state index contributed by atoms with van der Waals surface area (Å²) in [5.74, 6) is 1.48. The molecule has 0 spiro atoms. The molecule has 2 rings (SSSR count). The number of nitrogens with zero attached hydrogens (tertiary/aromatic N) is 2. The predicted molar refractivity (Wildman–Crippen MR) is 88.6 cm³/mol. The van der Waals surface area contributed by atoms with Crippen molar-refractivity contribution in [3.05, 3.63) is 59.7 Å². The Balaban J connectivity index is 2.02. The summed E-state index contributed by atoms with van der Waals surface area (Å²) in [7, 11) is 0. The second-order valence-electron chi connectivity index (χ2n) is 6.72. The van der Waals surface area contributed by atoms with Gasteiger partial charge in [-0.15, -0.1) is 0 Å². The van der Waals surface area contributed by atoms with Crippen LogP contribution in [0.4, 0.5) is 0 Å². The molecule has 2 aromatic rings. The number of aryl methyl sites for hydroxylation is 1. The zero-order valence-corrected chi connectivity index (χ0v) is 14.3. The zero-order chi connectivity index (χ0) is 16.2. The third kappa shape index (κ3) is 4.63. The van der Waals surface area contributed by atoms with E-state index < -0.39 is 0 Å². The van der Waals surface area contributed by atoms with E-state index in [1.165, 1.54) is 5.56 Å². The molecule has 1 heterocycles. The molecule has 3 nitrogen and oxygen atoms in total. The van der Waals surface area contributed by atoms with Gasteiger partial charge < -0.3 is 4.74 Å². The van der Waals surface area contributed by atoms with E-state index in [4.69, 9.17) is 4.74 Å². The minimum absolute atomic E-state index is 0.244. The largest absolute Gasteiger partial charge is 0.367 e. The molecule has 0 unspecified atom stereocenters. The Morgan fingerprint density at radius 3 is 2.41 bits per heavy atom. The van der Waals surface area contributed by atoms with Gasteiger partial charge >= 0.3 is 0 Å². The summed E-state index contributed by atoms with van der Waals surface area (Å²) in [4.78, 5) is 4.68. The van der Waals surface area contributed by atoms with E-state index in [1.54, 1.807) is 0 Å². The van der Waals surface area contributed by atoms with E-state index in [0.29, 0.717) is 12.5 Å². The molecule has 0 saturated heterocycles. The average Bonchev–Trinajstić information content (AvgIpc) is 2.48. The molecule has 0 fully saturated rings. The van der Waals surface area contributed by atoms with Crippen molar-refractivity contribution >= 4 is 0 Å². The molecule has 1 aromatic heterocycles. The van der Waals surface area contributed by atoms with Crippen LogP contribution in [0.2, 0.25) is 0 Å². The molecule has 0 N–H and O–H groups in total. The number of aromatic nitrogens is 2. The molecule has 0 bridgehead atoms. The van der Waals surface area contributed by atoms with Crippen molar-refractivity contribution in [1.82, 2.24) is 4.98 Å². The van der Waals surface area contributed by atoms with Crippen LogP contribution in [0.25, 0.3) is 0 Å². The first-order chi connectivity index (χ1) is 10.4. The molecular formula is C19H27N2O+. The van der Waals surface area contributed by atoms with Gasteiger partial charge in [0.15, 0.2) is 5.69 Å². The first kappa shape index (κ1) is 16.6. The Hall–Kier alpha value is -1.74. The molecule has 118 valence electrons. The summed E-state index contributed by atoms with van der Waals surface area (Å²) in [6.07, 6.45) is 2.12. The number of hydrogen-bond donors (Lipinski definition) is 0. The Morgan fingerprint density at radius 1 is 1.14 bits per heavy atom. The fourth-order valence-corrected chi connectivity index (χ4v) is 2.36. The van der Waals surface area contributed by atoms with E-state index in [2.05, 4.69) is 68.6 Å². The third-order valence-corrected chi connectivity index (χ3v) is 3.75. The Labute approximate surface area is 134 Å². The fourth-order valence-electron chi connectivity index (χ4n) is 2.36. The maximum absolute atomic E-state index is 6.10. The maximum atomic E-state index is 6.10. The molecule has 0 amide bonds. The van der Waals surface area contributed by atoms with Gasteiger partial charge in [-0.05, 0) is 19.4 Å². The molecule has 0 aliphatic rings. The monoisotopic (exact) mass is 299 g/mol. The highest BCUT2D eigenvalue weighted by molar-refractivity contribution is 5.13. The summed E-state index contributed by atoms with van der Waals surface area (Å²) >= 11 is 0. The van der Waals surface area contributed by atoms with Crippen LogP contribution in [0.15, 0.2) is 42.6 Å². The fraction of sp³-hybridized carbons (Fsp3) is 0.474. The van der Waals surface area contributed by atoms with E-state index in [1.807, 2.05) is 18.2 Å². The van der Waals surface area contributed by atoms with Crippen LogP contribution >= 0.6 is 0 Å². The standard InChI is InChI=1S/C19H27N2O/c1-15(2)18-11-12-21(16(3)20-18)14-19(4,5)22-13-17-9-7-6-8-10-17/h6-12,15H,13-14H2,1-5H3/q+1. The lowest BCUT2D eigenvalue weighted by atomic mass is 10.1. The third-order valence-electron chi connectivity index (χ3n) is 3.75. The summed E-state index contributed by atoms with van der Waals surface area (Å²) < 4.78 is 8.27. The number of hydrogen-bond acceptors (Lipinski definition) is 2. The topological polar surface area (TPSA) is 26.0 Å². The first-order valence-corrected chi connectivity index (χ1v) is 7.92. The number of rotatable bonds is 6. The summed E-state index contributed by atoms with van der Waals surface area (Å²) in [6.45, 7) is 12.1. The van der Waals surface area contributed by atoms with Gasteiger partial charge in [-0.3, -0.25) is 0 Å². The zero-order valence-electron chi connectivity index (χ0n) is 14.3. The maximum Gasteiger partial charge on any atom is 0.295 e. The van der Waals surface area contributed by atoms with Crippen LogP contribution in [0.3, 0.4) is 0 Å². The highest BCUT2D eigenvalue weighted by Gasteiger charge is 2.24. The lowest BCUT2D eigenvalue weighted by Crippen LogP contribution is -2.48. The van der Waals surface area contributed by atoms with E-state index in [0.717, 1.165) is 18.1 Å². The lowest BCUT2D eigenvalue weighted by Gasteiger charge is -2.24. The number of benzene rings is 1. The van der Waals surface area contributed by atoms with Gasteiger partial charge in [0, 0.05) is 18.9 Å². The van der Waals surface area contributed by atoms with Crippen molar-refractivity contribution in [2.45, 2.75) is 59.3 Å². The van der Waals surface area contributed by atoms with E-state index in [9.17, 15) is 0 Å². The first-order valence-electron chi connectivity index (χ1n) is 7.92. The number of ether oxygens (including phenoxy) is 1. The molecule has 0 aliphatic heterocycles. The average molecular weight is 299 g/mol. The SMILES string of the molecule is Cc1nc(C(C)C)cc[n+]1CC(C)(C)OCc1ccccc1. The predicted octanol–water partition coefficient (Wildman–Crippen LogP) is 3.80. The van der Waals surface area contributed by atoms with Gasteiger partial charge in [-0.1, -0.05) is 49.2 Å². The molecular weight excluding hydrogens is 272 g/mol. The molecule has 0 radical (unpaired) electrons. The van der Waals surface area contributed by atoms with E-state index >= 15 is 0 Å². The summed E-state index contributed by atoms with van der Waals surface area (Å²) in [6, 6.07) is 12.4. The van der Waals surface area contributed by atoms with Crippen LogP contribution in [-0.4, -0.2) is 10.6 Å². The lowest BCUT2D eigenvalue weighted by molar-refractivity contribution is -0.718. The molecule has 1 aromatic carbocycles. The van der Waals surface area contributed by atoms with Crippen molar-refractivity contribution in [3.8, 4) is 0 Å². The molecule has 0 atom stereocenters. The van der Waals surface area contributed by atoms with Crippen LogP contribution < -0.4 is 4.57 Å². The molecule has 3 heteroatoms. The van der Waals surface area contributed by atoms with Crippen LogP contribution in [-0.2, 0) is 17.9 Å². The van der Waals surface area contributed by atoms with Gasteiger partial charge in [0.05, 0.1) is 12.8 Å².